The minimum Gasteiger partial charge on any atom is -0.478 e. The Morgan fingerprint density at radius 3 is 2.96 bits per heavy atom. The number of ether oxygens (including phenoxy) is 1. The minimum atomic E-state index is 0.692. The fourth-order valence-electron chi connectivity index (χ4n) is 3.80. The molecule has 0 unspecified atom stereocenters. The summed E-state index contributed by atoms with van der Waals surface area (Å²) >= 11 is 6.30. The molecule has 4 rings (SSSR count). The summed E-state index contributed by atoms with van der Waals surface area (Å²) in [6, 6.07) is 10.3. The standard InChI is InChI=1S/C22H26ClN3O/c1-16-7-8-17-9-10-21(25-22(17)24-16)27-14-3-2-12-26-13-11-19-18(15-26)5-4-6-20(19)23/h4-6,9-10H,1-3,7-8,11-15H2,(H,24,25). The second kappa shape index (κ2) is 8.32. The van der Waals surface area contributed by atoms with Gasteiger partial charge in [0.15, 0.2) is 0 Å². The third-order valence-corrected chi connectivity index (χ3v) is 5.71. The molecular weight excluding hydrogens is 358 g/mol. The average Bonchev–Trinajstić information content (AvgIpc) is 2.67. The highest BCUT2D eigenvalue weighted by molar-refractivity contribution is 6.31. The van der Waals surface area contributed by atoms with Crippen molar-refractivity contribution in [1.29, 1.82) is 0 Å². The molecule has 0 radical (unpaired) electrons. The Balaban J connectivity index is 1.20. The topological polar surface area (TPSA) is 37.4 Å². The van der Waals surface area contributed by atoms with E-state index in [0.717, 1.165) is 68.3 Å². The maximum atomic E-state index is 6.30. The van der Waals surface area contributed by atoms with Crippen LogP contribution in [0, 0.1) is 0 Å². The molecule has 2 aromatic rings. The Hall–Kier alpha value is -2.04. The summed E-state index contributed by atoms with van der Waals surface area (Å²) in [5.74, 6) is 1.59. The Labute approximate surface area is 166 Å². The van der Waals surface area contributed by atoms with Crippen molar-refractivity contribution in [2.24, 2.45) is 0 Å². The highest BCUT2D eigenvalue weighted by Crippen LogP contribution is 2.27. The van der Waals surface area contributed by atoms with Gasteiger partial charge in [-0.1, -0.05) is 30.3 Å². The van der Waals surface area contributed by atoms with E-state index in [0.29, 0.717) is 12.5 Å². The van der Waals surface area contributed by atoms with E-state index in [9.17, 15) is 0 Å². The smallest absolute Gasteiger partial charge is 0.215 e. The van der Waals surface area contributed by atoms with Crippen LogP contribution in [0.3, 0.4) is 0 Å². The maximum absolute atomic E-state index is 6.30. The molecule has 0 fully saturated rings. The van der Waals surface area contributed by atoms with E-state index in [4.69, 9.17) is 16.3 Å². The van der Waals surface area contributed by atoms with Gasteiger partial charge in [0.2, 0.25) is 5.88 Å². The van der Waals surface area contributed by atoms with Crippen LogP contribution in [0.4, 0.5) is 5.82 Å². The first-order valence-corrected chi connectivity index (χ1v) is 10.1. The van der Waals surface area contributed by atoms with Crippen LogP contribution in [-0.4, -0.2) is 29.6 Å². The van der Waals surface area contributed by atoms with Gasteiger partial charge in [-0.2, -0.15) is 4.98 Å². The summed E-state index contributed by atoms with van der Waals surface area (Å²) < 4.78 is 5.85. The molecule has 27 heavy (non-hydrogen) atoms. The summed E-state index contributed by atoms with van der Waals surface area (Å²) in [6.45, 7) is 7.86. The zero-order valence-electron chi connectivity index (χ0n) is 15.6. The largest absolute Gasteiger partial charge is 0.478 e. The molecule has 3 heterocycles. The van der Waals surface area contributed by atoms with Gasteiger partial charge < -0.3 is 10.1 Å². The van der Waals surface area contributed by atoms with Crippen LogP contribution in [-0.2, 0) is 19.4 Å². The van der Waals surface area contributed by atoms with Gasteiger partial charge in [-0.3, -0.25) is 4.90 Å². The predicted octanol–water partition coefficient (Wildman–Crippen LogP) is 4.82. The van der Waals surface area contributed by atoms with Crippen molar-refractivity contribution in [2.75, 3.05) is 25.0 Å². The monoisotopic (exact) mass is 383 g/mol. The van der Waals surface area contributed by atoms with Crippen molar-refractivity contribution in [3.63, 3.8) is 0 Å². The van der Waals surface area contributed by atoms with E-state index < -0.39 is 0 Å². The number of nitrogens with zero attached hydrogens (tertiary/aromatic N) is 2. The van der Waals surface area contributed by atoms with Gasteiger partial charge in [0.25, 0.3) is 0 Å². The van der Waals surface area contributed by atoms with Crippen LogP contribution in [0.15, 0.2) is 42.6 Å². The number of benzene rings is 1. The third kappa shape index (κ3) is 4.45. The molecule has 5 heteroatoms. The maximum Gasteiger partial charge on any atom is 0.215 e. The lowest BCUT2D eigenvalue weighted by atomic mass is 9.99. The number of aromatic nitrogens is 1. The Bertz CT molecular complexity index is 836. The number of pyridine rings is 1. The number of fused-ring (bicyclic) bond motifs is 2. The van der Waals surface area contributed by atoms with E-state index >= 15 is 0 Å². The summed E-state index contributed by atoms with van der Waals surface area (Å²) in [7, 11) is 0. The molecule has 0 amide bonds. The van der Waals surface area contributed by atoms with E-state index in [-0.39, 0.29) is 0 Å². The molecule has 2 aliphatic rings. The van der Waals surface area contributed by atoms with Gasteiger partial charge in [0, 0.05) is 29.9 Å². The van der Waals surface area contributed by atoms with Crippen LogP contribution in [0.1, 0.15) is 36.0 Å². The molecule has 0 spiro atoms. The zero-order valence-corrected chi connectivity index (χ0v) is 16.4. The van der Waals surface area contributed by atoms with Crippen molar-refractivity contribution in [1.82, 2.24) is 9.88 Å². The molecule has 0 atom stereocenters. The molecule has 1 aromatic carbocycles. The van der Waals surface area contributed by atoms with Gasteiger partial charge in [0.1, 0.15) is 5.82 Å². The fourth-order valence-corrected chi connectivity index (χ4v) is 4.09. The predicted molar refractivity (Wildman–Crippen MR) is 110 cm³/mol. The molecule has 0 saturated carbocycles. The van der Waals surface area contributed by atoms with Crippen molar-refractivity contribution in [3.05, 3.63) is 64.3 Å². The van der Waals surface area contributed by atoms with E-state index in [1.807, 2.05) is 18.2 Å². The van der Waals surface area contributed by atoms with E-state index in [1.54, 1.807) is 0 Å². The fraction of sp³-hybridized carbons (Fsp3) is 0.409. The number of hydrogen-bond donors (Lipinski definition) is 1. The van der Waals surface area contributed by atoms with Gasteiger partial charge in [-0.15, -0.1) is 0 Å². The first-order chi connectivity index (χ1) is 13.2. The second-order valence-corrected chi connectivity index (χ2v) is 7.75. The van der Waals surface area contributed by atoms with Crippen molar-refractivity contribution < 1.29 is 4.74 Å². The molecule has 2 aliphatic heterocycles. The molecule has 0 aliphatic carbocycles. The Kier molecular flexibility index (Phi) is 5.65. The minimum absolute atomic E-state index is 0.692. The second-order valence-electron chi connectivity index (χ2n) is 7.35. The van der Waals surface area contributed by atoms with Crippen LogP contribution in [0.2, 0.25) is 5.02 Å². The zero-order chi connectivity index (χ0) is 18.6. The summed E-state index contributed by atoms with van der Waals surface area (Å²) in [4.78, 5) is 7.07. The number of allylic oxidation sites excluding steroid dienone is 1. The summed E-state index contributed by atoms with van der Waals surface area (Å²) in [5.41, 5.74) is 4.96. The molecule has 142 valence electrons. The average molecular weight is 384 g/mol. The van der Waals surface area contributed by atoms with Crippen LogP contribution < -0.4 is 10.1 Å². The SMILES string of the molecule is C=C1CCc2ccc(OCCCCN3CCc4c(Cl)cccc4C3)nc2N1. The number of aryl methyl sites for hydroxylation is 1. The summed E-state index contributed by atoms with van der Waals surface area (Å²) in [5, 5.41) is 4.17. The summed E-state index contributed by atoms with van der Waals surface area (Å²) in [6.07, 6.45) is 5.16. The lowest BCUT2D eigenvalue weighted by Crippen LogP contribution is -2.31. The van der Waals surface area contributed by atoms with Crippen LogP contribution in [0.25, 0.3) is 0 Å². The van der Waals surface area contributed by atoms with E-state index in [2.05, 4.69) is 33.9 Å². The van der Waals surface area contributed by atoms with Gasteiger partial charge >= 0.3 is 0 Å². The number of unbranched alkanes of at least 4 members (excludes halogenated alkanes) is 1. The highest BCUT2D eigenvalue weighted by Gasteiger charge is 2.17. The Morgan fingerprint density at radius 1 is 1.11 bits per heavy atom. The molecule has 1 aromatic heterocycles. The highest BCUT2D eigenvalue weighted by atomic mass is 35.5. The molecule has 0 bridgehead atoms. The molecule has 0 saturated heterocycles. The number of rotatable bonds is 6. The van der Waals surface area contributed by atoms with Crippen LogP contribution >= 0.6 is 11.6 Å². The van der Waals surface area contributed by atoms with Crippen molar-refractivity contribution in [2.45, 2.75) is 38.6 Å². The quantitative estimate of drug-likeness (QED) is 0.725. The van der Waals surface area contributed by atoms with Gasteiger partial charge in [-0.25, -0.2) is 0 Å². The lowest BCUT2D eigenvalue weighted by molar-refractivity contribution is 0.233. The molecular formula is C22H26ClN3O. The first-order valence-electron chi connectivity index (χ1n) is 9.75. The number of hydrogen-bond acceptors (Lipinski definition) is 4. The van der Waals surface area contributed by atoms with E-state index in [1.165, 1.54) is 16.7 Å². The number of nitrogens with one attached hydrogen (secondary N) is 1. The number of halogens is 1. The lowest BCUT2D eigenvalue weighted by Gasteiger charge is -2.29. The van der Waals surface area contributed by atoms with Gasteiger partial charge in [-0.05, 0) is 67.5 Å². The third-order valence-electron chi connectivity index (χ3n) is 5.35. The van der Waals surface area contributed by atoms with Crippen molar-refractivity contribution >= 4 is 17.4 Å². The van der Waals surface area contributed by atoms with Crippen LogP contribution in [0.5, 0.6) is 5.88 Å². The Morgan fingerprint density at radius 2 is 2.04 bits per heavy atom. The molecule has 1 N–H and O–H groups in total. The van der Waals surface area contributed by atoms with Crippen molar-refractivity contribution in [3.8, 4) is 5.88 Å². The number of anilines is 1. The normalized spacial score (nSPS) is 16.4. The first kappa shape index (κ1) is 18.3. The van der Waals surface area contributed by atoms with Gasteiger partial charge in [0.05, 0.1) is 6.61 Å². The molecule has 4 nitrogen and oxygen atoms in total.